The standard InChI is InChI=1S/C22H26N4O2S/c1-15-10-16(2)12-18(11-15)21-24-25-22(28-21)29-14-20(27)23-13-19(26(3)4)17-8-6-5-7-9-17/h5-12,19H,13-14H2,1-4H3,(H,23,27)/t19-/m0/s1. The van der Waals surface area contributed by atoms with E-state index in [1.807, 2.05) is 58.3 Å². The van der Waals surface area contributed by atoms with Gasteiger partial charge in [-0.2, -0.15) is 0 Å². The van der Waals surface area contributed by atoms with Gasteiger partial charge in [-0.05, 0) is 45.6 Å². The van der Waals surface area contributed by atoms with Crippen LogP contribution >= 0.6 is 11.8 Å². The molecule has 3 rings (SSSR count). The zero-order chi connectivity index (χ0) is 20.8. The second kappa shape index (κ2) is 9.71. The summed E-state index contributed by atoms with van der Waals surface area (Å²) in [5, 5.41) is 11.5. The Labute approximate surface area is 175 Å². The monoisotopic (exact) mass is 410 g/mol. The van der Waals surface area contributed by atoms with Gasteiger partial charge in [-0.25, -0.2) is 0 Å². The Hall–Kier alpha value is -2.64. The molecule has 0 aliphatic rings. The highest BCUT2D eigenvalue weighted by molar-refractivity contribution is 7.99. The fourth-order valence-electron chi connectivity index (χ4n) is 3.15. The summed E-state index contributed by atoms with van der Waals surface area (Å²) in [7, 11) is 4.01. The molecule has 6 nitrogen and oxygen atoms in total. The number of benzene rings is 2. The molecule has 0 aliphatic carbocycles. The second-order valence-corrected chi connectivity index (χ2v) is 8.16. The van der Waals surface area contributed by atoms with Crippen LogP contribution in [-0.4, -0.2) is 47.4 Å². The first-order valence-electron chi connectivity index (χ1n) is 9.45. The number of nitrogens with zero attached hydrogens (tertiary/aromatic N) is 3. The number of aryl methyl sites for hydroxylation is 2. The van der Waals surface area contributed by atoms with Crippen molar-refractivity contribution in [2.24, 2.45) is 0 Å². The molecule has 0 unspecified atom stereocenters. The van der Waals surface area contributed by atoms with E-state index in [-0.39, 0.29) is 17.7 Å². The highest BCUT2D eigenvalue weighted by Crippen LogP contribution is 2.25. The van der Waals surface area contributed by atoms with Gasteiger partial charge in [0.25, 0.3) is 5.22 Å². The lowest BCUT2D eigenvalue weighted by Gasteiger charge is -2.25. The van der Waals surface area contributed by atoms with Gasteiger partial charge in [0.2, 0.25) is 11.8 Å². The Morgan fingerprint density at radius 1 is 1.10 bits per heavy atom. The molecule has 1 atom stereocenters. The van der Waals surface area contributed by atoms with Gasteiger partial charge >= 0.3 is 0 Å². The van der Waals surface area contributed by atoms with E-state index in [0.29, 0.717) is 17.7 Å². The van der Waals surface area contributed by atoms with Crippen LogP contribution in [0.1, 0.15) is 22.7 Å². The van der Waals surface area contributed by atoms with E-state index in [1.54, 1.807) is 0 Å². The maximum atomic E-state index is 12.3. The number of amides is 1. The van der Waals surface area contributed by atoms with E-state index in [1.165, 1.54) is 17.3 Å². The molecule has 0 saturated heterocycles. The largest absolute Gasteiger partial charge is 0.411 e. The maximum absolute atomic E-state index is 12.3. The average molecular weight is 411 g/mol. The van der Waals surface area contributed by atoms with Crippen molar-refractivity contribution in [2.75, 3.05) is 26.4 Å². The number of likely N-dealkylation sites (N-methyl/N-ethyl adjacent to an activating group) is 1. The van der Waals surface area contributed by atoms with Crippen molar-refractivity contribution < 1.29 is 9.21 Å². The lowest BCUT2D eigenvalue weighted by molar-refractivity contribution is -0.118. The fraction of sp³-hybridized carbons (Fsp3) is 0.318. The first kappa shape index (κ1) is 21.1. The van der Waals surface area contributed by atoms with E-state index in [4.69, 9.17) is 4.42 Å². The number of carbonyl (C=O) groups excluding carboxylic acids is 1. The molecular formula is C22H26N4O2S. The van der Waals surface area contributed by atoms with Crippen molar-refractivity contribution >= 4 is 17.7 Å². The van der Waals surface area contributed by atoms with Gasteiger partial charge < -0.3 is 14.6 Å². The summed E-state index contributed by atoms with van der Waals surface area (Å²) in [5.41, 5.74) is 4.34. The van der Waals surface area contributed by atoms with Crippen molar-refractivity contribution in [3.05, 3.63) is 65.2 Å². The molecule has 0 aliphatic heterocycles. The number of aromatic nitrogens is 2. The SMILES string of the molecule is Cc1cc(C)cc(-c2nnc(SCC(=O)NC[C@@H](c3ccccc3)N(C)C)o2)c1. The highest BCUT2D eigenvalue weighted by Gasteiger charge is 2.16. The number of hydrogen-bond acceptors (Lipinski definition) is 6. The van der Waals surface area contributed by atoms with Gasteiger partial charge in [-0.15, -0.1) is 10.2 Å². The third-order valence-electron chi connectivity index (χ3n) is 4.50. The molecule has 1 N–H and O–H groups in total. The molecular weight excluding hydrogens is 384 g/mol. The summed E-state index contributed by atoms with van der Waals surface area (Å²) in [6.45, 7) is 4.60. The Bertz CT molecular complexity index is 936. The van der Waals surface area contributed by atoms with Crippen LogP contribution in [0.25, 0.3) is 11.5 Å². The van der Waals surface area contributed by atoms with Crippen molar-refractivity contribution in [1.82, 2.24) is 20.4 Å². The topological polar surface area (TPSA) is 71.3 Å². The molecule has 152 valence electrons. The number of thioether (sulfide) groups is 1. The van der Waals surface area contributed by atoms with Gasteiger partial charge in [-0.1, -0.05) is 59.3 Å². The van der Waals surface area contributed by atoms with E-state index >= 15 is 0 Å². The molecule has 29 heavy (non-hydrogen) atoms. The summed E-state index contributed by atoms with van der Waals surface area (Å²) >= 11 is 1.24. The van der Waals surface area contributed by atoms with Crippen molar-refractivity contribution in [3.8, 4) is 11.5 Å². The molecule has 1 heterocycles. The van der Waals surface area contributed by atoms with E-state index in [9.17, 15) is 4.79 Å². The Balaban J connectivity index is 1.54. The molecule has 2 aromatic carbocycles. The first-order valence-corrected chi connectivity index (χ1v) is 10.4. The molecule has 0 radical (unpaired) electrons. The number of carbonyl (C=O) groups is 1. The van der Waals surface area contributed by atoms with Gasteiger partial charge in [0, 0.05) is 12.1 Å². The fourth-order valence-corrected chi connectivity index (χ4v) is 3.74. The van der Waals surface area contributed by atoms with Crippen LogP contribution in [0.4, 0.5) is 0 Å². The Morgan fingerprint density at radius 3 is 2.45 bits per heavy atom. The molecule has 0 bridgehead atoms. The van der Waals surface area contributed by atoms with Crippen LogP contribution in [0.3, 0.4) is 0 Å². The molecule has 1 aromatic heterocycles. The van der Waals surface area contributed by atoms with Crippen LogP contribution in [0.2, 0.25) is 0 Å². The molecule has 0 spiro atoms. The second-order valence-electron chi connectivity index (χ2n) is 7.23. The minimum atomic E-state index is -0.0658. The van der Waals surface area contributed by atoms with Crippen LogP contribution < -0.4 is 5.32 Å². The van der Waals surface area contributed by atoms with Crippen LogP contribution in [-0.2, 0) is 4.79 Å². The molecule has 3 aromatic rings. The quantitative estimate of drug-likeness (QED) is 0.569. The summed E-state index contributed by atoms with van der Waals surface area (Å²) in [5.74, 6) is 0.629. The normalized spacial score (nSPS) is 12.2. The van der Waals surface area contributed by atoms with Crippen LogP contribution in [0.15, 0.2) is 58.2 Å². The number of nitrogens with one attached hydrogen (secondary N) is 1. The lowest BCUT2D eigenvalue weighted by Crippen LogP contribution is -2.35. The minimum absolute atomic E-state index is 0.0658. The predicted molar refractivity (Wildman–Crippen MR) is 116 cm³/mol. The highest BCUT2D eigenvalue weighted by atomic mass is 32.2. The average Bonchev–Trinajstić information content (AvgIpc) is 3.15. The summed E-state index contributed by atoms with van der Waals surface area (Å²) in [4.78, 5) is 14.4. The van der Waals surface area contributed by atoms with E-state index in [0.717, 1.165) is 16.7 Å². The third-order valence-corrected chi connectivity index (χ3v) is 5.32. The zero-order valence-corrected chi connectivity index (χ0v) is 18.0. The van der Waals surface area contributed by atoms with E-state index < -0.39 is 0 Å². The molecule has 1 amide bonds. The predicted octanol–water partition coefficient (Wildman–Crippen LogP) is 3.86. The van der Waals surface area contributed by atoms with Crippen LogP contribution in [0, 0.1) is 13.8 Å². The van der Waals surface area contributed by atoms with Crippen molar-refractivity contribution in [1.29, 1.82) is 0 Å². The van der Waals surface area contributed by atoms with Crippen molar-refractivity contribution in [3.63, 3.8) is 0 Å². The van der Waals surface area contributed by atoms with Gasteiger partial charge in [-0.3, -0.25) is 4.79 Å². The summed E-state index contributed by atoms with van der Waals surface area (Å²) < 4.78 is 5.72. The first-order chi connectivity index (χ1) is 13.9. The van der Waals surface area contributed by atoms with E-state index in [2.05, 4.69) is 38.6 Å². The minimum Gasteiger partial charge on any atom is -0.411 e. The van der Waals surface area contributed by atoms with Gasteiger partial charge in [0.05, 0.1) is 11.8 Å². The summed E-state index contributed by atoms with van der Waals surface area (Å²) in [6, 6.07) is 16.4. The molecule has 7 heteroatoms. The van der Waals surface area contributed by atoms with Crippen LogP contribution in [0.5, 0.6) is 0 Å². The Morgan fingerprint density at radius 2 is 1.79 bits per heavy atom. The smallest absolute Gasteiger partial charge is 0.277 e. The summed E-state index contributed by atoms with van der Waals surface area (Å²) in [6.07, 6.45) is 0. The lowest BCUT2D eigenvalue weighted by atomic mass is 10.1. The Kier molecular flexibility index (Phi) is 7.06. The van der Waals surface area contributed by atoms with Crippen molar-refractivity contribution in [2.45, 2.75) is 25.1 Å². The van der Waals surface area contributed by atoms with Gasteiger partial charge in [0.15, 0.2) is 0 Å². The number of hydrogen-bond donors (Lipinski definition) is 1. The third kappa shape index (κ3) is 5.92. The molecule has 0 saturated carbocycles. The molecule has 0 fully saturated rings. The number of rotatable bonds is 8. The van der Waals surface area contributed by atoms with Gasteiger partial charge in [0.1, 0.15) is 0 Å². The maximum Gasteiger partial charge on any atom is 0.277 e. The zero-order valence-electron chi connectivity index (χ0n) is 17.2.